The minimum absolute atomic E-state index is 0.0879. The fourth-order valence-electron chi connectivity index (χ4n) is 2.15. The Morgan fingerprint density at radius 3 is 2.61 bits per heavy atom. The predicted octanol–water partition coefficient (Wildman–Crippen LogP) is 2.23. The number of nitro groups is 2. The van der Waals surface area contributed by atoms with E-state index in [4.69, 9.17) is 4.74 Å². The van der Waals surface area contributed by atoms with Crippen molar-refractivity contribution in [2.45, 2.75) is 13.8 Å². The first-order chi connectivity index (χ1) is 13.3. The second-order valence-electron chi connectivity index (χ2n) is 5.13. The van der Waals surface area contributed by atoms with Crippen LogP contribution in [0.1, 0.15) is 13.8 Å². The van der Waals surface area contributed by atoms with Gasteiger partial charge in [-0.1, -0.05) is 0 Å². The molecule has 1 amide bonds. The normalized spacial score (nSPS) is 16.5. The number of amidine groups is 1. The highest BCUT2D eigenvalue weighted by atomic mass is 32.2. The molecule has 0 atom stereocenters. The lowest BCUT2D eigenvalue weighted by Gasteiger charge is -2.12. The second-order valence-corrected chi connectivity index (χ2v) is 6.14. The first kappa shape index (κ1) is 20.8. The molecule has 0 spiro atoms. The van der Waals surface area contributed by atoms with Gasteiger partial charge in [0.25, 0.3) is 11.6 Å². The molecule has 1 aliphatic heterocycles. The molecule has 28 heavy (non-hydrogen) atoms. The molecule has 0 unspecified atom stereocenters. The van der Waals surface area contributed by atoms with Crippen molar-refractivity contribution in [2.75, 3.05) is 18.6 Å². The summed E-state index contributed by atoms with van der Waals surface area (Å²) in [4.78, 5) is 45.7. The maximum atomic E-state index is 12.3. The van der Waals surface area contributed by atoms with Crippen molar-refractivity contribution in [3.8, 4) is 0 Å². The van der Waals surface area contributed by atoms with Crippen molar-refractivity contribution in [1.82, 2.24) is 4.90 Å². The van der Waals surface area contributed by atoms with Crippen LogP contribution < -0.4 is 5.43 Å². The number of nitrogens with zero attached hydrogens (tertiary/aromatic N) is 4. The van der Waals surface area contributed by atoms with Gasteiger partial charge in [0.1, 0.15) is 5.69 Å². The molecule has 1 aliphatic rings. The number of nitro benzene ring substituents is 2. The second kappa shape index (κ2) is 8.94. The molecule has 1 aromatic carbocycles. The Bertz CT molecular complexity index is 899. The summed E-state index contributed by atoms with van der Waals surface area (Å²) in [6.07, 6.45) is 1.05. The quantitative estimate of drug-likeness (QED) is 0.308. The van der Waals surface area contributed by atoms with Gasteiger partial charge >= 0.3 is 11.7 Å². The zero-order valence-corrected chi connectivity index (χ0v) is 15.6. The van der Waals surface area contributed by atoms with Crippen LogP contribution >= 0.6 is 11.8 Å². The summed E-state index contributed by atoms with van der Waals surface area (Å²) in [5, 5.41) is 26.1. The summed E-state index contributed by atoms with van der Waals surface area (Å²) in [5.41, 5.74) is 1.38. The summed E-state index contributed by atoms with van der Waals surface area (Å²) < 4.78 is 4.77. The summed E-state index contributed by atoms with van der Waals surface area (Å²) in [6.45, 7) is 3.72. The van der Waals surface area contributed by atoms with Crippen molar-refractivity contribution in [2.24, 2.45) is 5.10 Å². The number of benzene rings is 1. The van der Waals surface area contributed by atoms with Crippen LogP contribution in [0.5, 0.6) is 0 Å². The molecular formula is C15H15N5O7S. The van der Waals surface area contributed by atoms with E-state index in [-0.39, 0.29) is 28.9 Å². The highest BCUT2D eigenvalue weighted by Crippen LogP contribution is 2.32. The fraction of sp³-hybridized carbons (Fsp3) is 0.267. The Kier molecular flexibility index (Phi) is 6.65. The van der Waals surface area contributed by atoms with Gasteiger partial charge in [0.2, 0.25) is 0 Å². The number of hydrogen-bond donors (Lipinski definition) is 1. The Morgan fingerprint density at radius 2 is 2.04 bits per heavy atom. The standard InChI is InChI=1S/C15H15N5O7S/c1-3-18-14(22)12(8-13(21)27-4-2)28-15(18)17-16-10-6-5-9(19(23)24)7-11(10)20(25)26/h5-8,16H,3-4H2,1-2H3/b12-8-,17-15-. The molecule has 12 nitrogen and oxygen atoms in total. The zero-order chi connectivity index (χ0) is 20.8. The van der Waals surface area contributed by atoms with Gasteiger partial charge in [-0.3, -0.25) is 35.3 Å². The van der Waals surface area contributed by atoms with Crippen molar-refractivity contribution in [3.63, 3.8) is 0 Å². The van der Waals surface area contributed by atoms with E-state index in [2.05, 4.69) is 10.5 Å². The Labute approximate surface area is 162 Å². The van der Waals surface area contributed by atoms with Gasteiger partial charge in [0.05, 0.1) is 27.4 Å². The third-order valence-electron chi connectivity index (χ3n) is 3.40. The minimum Gasteiger partial charge on any atom is -0.463 e. The minimum atomic E-state index is -0.786. The van der Waals surface area contributed by atoms with Crippen LogP contribution in [0, 0.1) is 20.2 Å². The van der Waals surface area contributed by atoms with Crippen LogP contribution in [0.15, 0.2) is 34.3 Å². The van der Waals surface area contributed by atoms with E-state index in [0.29, 0.717) is 0 Å². The SMILES string of the molecule is CCOC(=O)/C=C1\S/C(=N\Nc2ccc([N+](=O)[O-])cc2[N+](=O)[O-])N(CC)C1=O. The van der Waals surface area contributed by atoms with Gasteiger partial charge in [-0.15, -0.1) is 5.10 Å². The molecule has 1 aromatic rings. The molecule has 0 bridgehead atoms. The topological polar surface area (TPSA) is 157 Å². The number of hydrazone groups is 1. The van der Waals surface area contributed by atoms with Crippen LogP contribution in [0.25, 0.3) is 0 Å². The van der Waals surface area contributed by atoms with Crippen molar-refractivity contribution >= 4 is 45.9 Å². The monoisotopic (exact) mass is 409 g/mol. The smallest absolute Gasteiger partial charge is 0.332 e. The van der Waals surface area contributed by atoms with Crippen LogP contribution in [0.4, 0.5) is 17.1 Å². The highest BCUT2D eigenvalue weighted by molar-refractivity contribution is 8.18. The molecular weight excluding hydrogens is 394 g/mol. The number of nitrogens with one attached hydrogen (secondary N) is 1. The van der Waals surface area contributed by atoms with E-state index in [0.717, 1.165) is 36.0 Å². The zero-order valence-electron chi connectivity index (χ0n) is 14.8. The van der Waals surface area contributed by atoms with Gasteiger partial charge in [-0.05, 0) is 31.7 Å². The van der Waals surface area contributed by atoms with Crippen LogP contribution in [0.2, 0.25) is 0 Å². The Morgan fingerprint density at radius 1 is 1.32 bits per heavy atom. The Balaban J connectivity index is 2.30. The van der Waals surface area contributed by atoms with Gasteiger partial charge in [0.15, 0.2) is 5.17 Å². The number of thioether (sulfide) groups is 1. The van der Waals surface area contributed by atoms with Crippen LogP contribution in [-0.2, 0) is 14.3 Å². The van der Waals surface area contributed by atoms with Crippen molar-refractivity contribution < 1.29 is 24.2 Å². The summed E-state index contributed by atoms with van der Waals surface area (Å²) in [5.74, 6) is -1.13. The largest absolute Gasteiger partial charge is 0.463 e. The number of esters is 1. The molecule has 1 fully saturated rings. The molecule has 0 saturated carbocycles. The Hall–Kier alpha value is -3.48. The molecule has 13 heteroatoms. The highest BCUT2D eigenvalue weighted by Gasteiger charge is 2.33. The summed E-state index contributed by atoms with van der Waals surface area (Å²) in [6, 6.07) is 3.04. The number of carbonyl (C=O) groups excluding carboxylic acids is 2. The molecule has 2 rings (SSSR count). The van der Waals surface area contributed by atoms with Gasteiger partial charge < -0.3 is 4.74 Å². The van der Waals surface area contributed by atoms with Crippen LogP contribution in [-0.4, -0.2) is 44.9 Å². The number of anilines is 1. The van der Waals surface area contributed by atoms with E-state index >= 15 is 0 Å². The first-order valence-corrected chi connectivity index (χ1v) is 8.74. The van der Waals surface area contributed by atoms with E-state index in [9.17, 15) is 29.8 Å². The van der Waals surface area contributed by atoms with E-state index < -0.39 is 33.1 Å². The lowest BCUT2D eigenvalue weighted by atomic mass is 10.2. The average Bonchev–Trinajstić information content (AvgIpc) is 2.94. The van der Waals surface area contributed by atoms with E-state index in [1.54, 1.807) is 13.8 Å². The van der Waals surface area contributed by atoms with Gasteiger partial charge in [0, 0.05) is 18.7 Å². The number of ether oxygens (including phenoxy) is 1. The molecule has 148 valence electrons. The lowest BCUT2D eigenvalue weighted by Crippen LogP contribution is -2.29. The molecule has 0 radical (unpaired) electrons. The molecule has 0 aromatic heterocycles. The number of likely N-dealkylation sites (N-methyl/N-ethyl adjacent to an activating group) is 1. The number of non-ortho nitro benzene ring substituents is 1. The van der Waals surface area contributed by atoms with E-state index in [1.165, 1.54) is 4.90 Å². The number of rotatable bonds is 7. The first-order valence-electron chi connectivity index (χ1n) is 7.93. The van der Waals surface area contributed by atoms with Crippen molar-refractivity contribution in [3.05, 3.63) is 49.4 Å². The molecule has 0 aliphatic carbocycles. The lowest BCUT2D eigenvalue weighted by molar-refractivity contribution is -0.393. The number of carbonyl (C=O) groups is 2. The van der Waals surface area contributed by atoms with E-state index in [1.807, 2.05) is 0 Å². The third kappa shape index (κ3) is 4.62. The predicted molar refractivity (Wildman–Crippen MR) is 101 cm³/mol. The molecule has 1 heterocycles. The fourth-order valence-corrected chi connectivity index (χ4v) is 3.11. The maximum Gasteiger partial charge on any atom is 0.332 e. The van der Waals surface area contributed by atoms with Gasteiger partial charge in [-0.25, -0.2) is 4.79 Å². The molecule has 1 saturated heterocycles. The summed E-state index contributed by atoms with van der Waals surface area (Å²) >= 11 is 0.893. The van der Waals surface area contributed by atoms with Crippen LogP contribution in [0.3, 0.4) is 0 Å². The number of amides is 1. The van der Waals surface area contributed by atoms with Crippen molar-refractivity contribution in [1.29, 1.82) is 0 Å². The van der Waals surface area contributed by atoms with Gasteiger partial charge in [-0.2, -0.15) is 0 Å². The molecule has 1 N–H and O–H groups in total. The number of hydrogen-bond acceptors (Lipinski definition) is 10. The maximum absolute atomic E-state index is 12.3. The summed E-state index contributed by atoms with van der Waals surface area (Å²) in [7, 11) is 0. The average molecular weight is 409 g/mol. The third-order valence-corrected chi connectivity index (χ3v) is 4.41.